The smallest absolute Gasteiger partial charge is 0.550 e. The summed E-state index contributed by atoms with van der Waals surface area (Å²) in [6, 6.07) is 7.23. The van der Waals surface area contributed by atoms with Crippen LogP contribution in [0.15, 0.2) is 24.3 Å². The van der Waals surface area contributed by atoms with Gasteiger partial charge in [0.15, 0.2) is 5.78 Å². The van der Waals surface area contributed by atoms with Gasteiger partial charge in [-0.05, 0) is 18.4 Å². The number of rotatable bonds is 5. The predicted octanol–water partition coefficient (Wildman–Crippen LogP) is -2.03. The number of aryl methyl sites for hydroxylation is 1. The molecule has 0 spiro atoms. The number of benzene rings is 1. The van der Waals surface area contributed by atoms with Gasteiger partial charge in [0, 0.05) is 18.0 Å². The molecule has 0 radical (unpaired) electrons. The van der Waals surface area contributed by atoms with Crippen LogP contribution < -0.4 is 56.5 Å². The van der Waals surface area contributed by atoms with E-state index in [0.717, 1.165) is 12.0 Å². The summed E-state index contributed by atoms with van der Waals surface area (Å²) >= 11 is 0. The van der Waals surface area contributed by atoms with Crippen LogP contribution in [0.4, 0.5) is 0 Å². The Labute approximate surface area is 138 Å². The van der Waals surface area contributed by atoms with Gasteiger partial charge in [-0.1, -0.05) is 31.2 Å². The summed E-state index contributed by atoms with van der Waals surface area (Å²) in [4.78, 5) is 21.6. The largest absolute Gasteiger partial charge is 1.00 e. The minimum atomic E-state index is -1.19. The fraction of sp³-hybridized carbons (Fsp3) is 0.333. The van der Waals surface area contributed by atoms with Crippen LogP contribution in [-0.2, 0) is 11.2 Å². The van der Waals surface area contributed by atoms with Gasteiger partial charge < -0.3 is 9.90 Å². The molecule has 1 rings (SSSR count). The maximum Gasteiger partial charge on any atom is 1.00 e. The van der Waals surface area contributed by atoms with E-state index in [2.05, 4.69) is 0 Å². The van der Waals surface area contributed by atoms with Gasteiger partial charge >= 0.3 is 51.4 Å². The Morgan fingerprint density at radius 1 is 1.12 bits per heavy atom. The van der Waals surface area contributed by atoms with Crippen molar-refractivity contribution in [1.29, 1.82) is 0 Å². The van der Waals surface area contributed by atoms with Crippen molar-refractivity contribution in [2.24, 2.45) is 0 Å². The monoisotopic (exact) mass is 244 g/mol. The summed E-state index contributed by atoms with van der Waals surface area (Å²) in [7, 11) is 0. The Morgan fingerprint density at radius 2 is 1.69 bits per heavy atom. The van der Waals surface area contributed by atoms with Gasteiger partial charge in [0.25, 0.3) is 0 Å². The quantitative estimate of drug-likeness (QED) is 0.443. The second-order valence-corrected chi connectivity index (χ2v) is 3.35. The van der Waals surface area contributed by atoms with E-state index >= 15 is 0 Å². The summed E-state index contributed by atoms with van der Waals surface area (Å²) < 4.78 is 0. The molecule has 4 heteroatoms. The first-order valence-electron chi connectivity index (χ1n) is 4.95. The average Bonchev–Trinajstić information content (AvgIpc) is 2.26. The molecule has 16 heavy (non-hydrogen) atoms. The summed E-state index contributed by atoms with van der Waals surface area (Å²) in [6.45, 7) is 2.03. The number of carbonyl (C=O) groups excluding carboxylic acids is 2. The Morgan fingerprint density at radius 3 is 2.12 bits per heavy atom. The number of ketones is 1. The van der Waals surface area contributed by atoms with Crippen LogP contribution in [-0.4, -0.2) is 11.8 Å². The maximum atomic E-state index is 11.5. The first-order valence-corrected chi connectivity index (χ1v) is 4.95. The molecule has 0 saturated heterocycles. The molecule has 0 atom stereocenters. The number of aliphatic carboxylic acids is 1. The number of hydrogen-bond acceptors (Lipinski definition) is 3. The van der Waals surface area contributed by atoms with Crippen LogP contribution >= 0.6 is 0 Å². The maximum absolute atomic E-state index is 11.5. The van der Waals surface area contributed by atoms with Crippen LogP contribution in [0, 0.1) is 0 Å². The topological polar surface area (TPSA) is 57.2 Å². The zero-order chi connectivity index (χ0) is 11.3. The van der Waals surface area contributed by atoms with Crippen LogP contribution in [0.5, 0.6) is 0 Å². The second-order valence-electron chi connectivity index (χ2n) is 3.35. The van der Waals surface area contributed by atoms with Gasteiger partial charge in [0.05, 0.1) is 0 Å². The van der Waals surface area contributed by atoms with E-state index in [1.54, 1.807) is 12.1 Å². The number of carbonyl (C=O) groups is 2. The molecule has 0 aliphatic heterocycles. The zero-order valence-electron chi connectivity index (χ0n) is 9.66. The third kappa shape index (κ3) is 5.36. The Hall–Kier alpha value is -0.00364. The number of carboxylic acids is 1. The number of hydrogen-bond donors (Lipinski definition) is 0. The van der Waals surface area contributed by atoms with Gasteiger partial charge in [-0.2, -0.15) is 0 Å². The van der Waals surface area contributed by atoms with Crippen LogP contribution in [0.2, 0.25) is 0 Å². The van der Waals surface area contributed by atoms with Crippen molar-refractivity contribution in [3.63, 3.8) is 0 Å². The van der Waals surface area contributed by atoms with Crippen molar-refractivity contribution in [2.75, 3.05) is 0 Å². The van der Waals surface area contributed by atoms with Gasteiger partial charge in [-0.15, -0.1) is 0 Å². The molecule has 0 saturated carbocycles. The van der Waals surface area contributed by atoms with Crippen molar-refractivity contribution < 1.29 is 66.1 Å². The van der Waals surface area contributed by atoms with E-state index < -0.39 is 5.97 Å². The molecule has 0 aliphatic rings. The molecule has 1 aromatic rings. The molecule has 0 unspecified atom stereocenters. The van der Waals surface area contributed by atoms with Crippen molar-refractivity contribution in [1.82, 2.24) is 0 Å². The van der Waals surface area contributed by atoms with Gasteiger partial charge in [0.2, 0.25) is 0 Å². The Bertz CT molecular complexity index is 357. The standard InChI is InChI=1S/C12H14O3.K/c1-2-9-3-5-10(6-4-9)11(13)7-8-12(14)15;/h3-6H,2,7-8H2,1H3,(H,14,15);/q;+1/p-1. The molecule has 0 fully saturated rings. The molecular weight excluding hydrogens is 231 g/mol. The molecular formula is C12H13KO3. The number of carboxylic acid groups (broad SMARTS) is 1. The van der Waals surface area contributed by atoms with E-state index in [-0.39, 0.29) is 70.0 Å². The molecule has 0 heterocycles. The molecule has 1 aromatic carbocycles. The molecule has 0 amide bonds. The van der Waals surface area contributed by atoms with Crippen LogP contribution in [0.1, 0.15) is 35.7 Å². The third-order valence-corrected chi connectivity index (χ3v) is 2.24. The molecule has 0 aromatic heterocycles. The Balaban J connectivity index is 0.00000225. The van der Waals surface area contributed by atoms with Gasteiger partial charge in [-0.25, -0.2) is 0 Å². The zero-order valence-corrected chi connectivity index (χ0v) is 12.8. The SMILES string of the molecule is CCc1ccc(C(=O)CCC(=O)[O-])cc1.[K+]. The van der Waals surface area contributed by atoms with E-state index in [9.17, 15) is 14.7 Å². The minimum absolute atomic E-state index is 0. The van der Waals surface area contributed by atoms with Crippen molar-refractivity contribution in [3.8, 4) is 0 Å². The van der Waals surface area contributed by atoms with Crippen LogP contribution in [0.25, 0.3) is 0 Å². The van der Waals surface area contributed by atoms with E-state index in [0.29, 0.717) is 5.56 Å². The first kappa shape index (κ1) is 16.0. The second kappa shape index (κ2) is 8.14. The summed E-state index contributed by atoms with van der Waals surface area (Å²) in [6.07, 6.45) is 0.718. The summed E-state index contributed by atoms with van der Waals surface area (Å²) in [5.41, 5.74) is 1.72. The molecule has 0 N–H and O–H groups in total. The van der Waals surface area contributed by atoms with Gasteiger partial charge in [-0.3, -0.25) is 4.79 Å². The van der Waals surface area contributed by atoms with Crippen molar-refractivity contribution in [2.45, 2.75) is 26.2 Å². The Kier molecular flexibility index (Phi) is 8.14. The van der Waals surface area contributed by atoms with Crippen LogP contribution in [0.3, 0.4) is 0 Å². The predicted molar refractivity (Wildman–Crippen MR) is 54.4 cm³/mol. The fourth-order valence-corrected chi connectivity index (χ4v) is 1.29. The summed E-state index contributed by atoms with van der Waals surface area (Å²) in [5, 5.41) is 10.2. The third-order valence-electron chi connectivity index (χ3n) is 2.24. The molecule has 0 aliphatic carbocycles. The summed E-state index contributed by atoms with van der Waals surface area (Å²) in [5.74, 6) is -1.34. The fourth-order valence-electron chi connectivity index (χ4n) is 1.29. The van der Waals surface area contributed by atoms with E-state index in [1.807, 2.05) is 19.1 Å². The number of Topliss-reactive ketones (excluding diaryl/α,β-unsaturated/α-hetero) is 1. The molecule has 0 bridgehead atoms. The minimum Gasteiger partial charge on any atom is -0.550 e. The van der Waals surface area contributed by atoms with E-state index in [1.165, 1.54) is 0 Å². The van der Waals surface area contributed by atoms with Crippen molar-refractivity contribution in [3.05, 3.63) is 35.4 Å². The van der Waals surface area contributed by atoms with Gasteiger partial charge in [0.1, 0.15) is 0 Å². The normalized spacial score (nSPS) is 9.31. The van der Waals surface area contributed by atoms with E-state index in [4.69, 9.17) is 0 Å². The molecule has 3 nitrogen and oxygen atoms in total. The molecule has 80 valence electrons. The first-order chi connectivity index (χ1) is 7.13. The van der Waals surface area contributed by atoms with Crippen molar-refractivity contribution >= 4 is 11.8 Å². The average molecular weight is 244 g/mol.